The molecule has 0 aromatic heterocycles. The van der Waals surface area contributed by atoms with E-state index in [1.165, 1.54) is 11.8 Å². The smallest absolute Gasteiger partial charge is 0.208 e. The summed E-state index contributed by atoms with van der Waals surface area (Å²) in [5.74, 6) is 0.578. The fraction of sp³-hybridized carbons (Fsp3) is 0.600. The first-order valence-electron chi connectivity index (χ1n) is 7.16. The molecule has 5 heteroatoms. The molecule has 0 saturated carbocycles. The number of benzene rings is 1. The second kappa shape index (κ2) is 6.70. The highest BCUT2D eigenvalue weighted by molar-refractivity contribution is 7.88. The van der Waals surface area contributed by atoms with Crippen molar-refractivity contribution in [2.45, 2.75) is 25.8 Å². The standard InChI is InChI=1S/C15H24N2O2S/c1-13(10-14-6-4-3-5-7-14)11-17-9-8-15(12-17)16-20(2,18)19/h3-7,13,15-16H,8-12H2,1-2H3/t13-,15-/m1/s1. The van der Waals surface area contributed by atoms with Gasteiger partial charge in [-0.1, -0.05) is 37.3 Å². The lowest BCUT2D eigenvalue weighted by Crippen LogP contribution is -2.37. The summed E-state index contributed by atoms with van der Waals surface area (Å²) in [5, 5.41) is 0. The zero-order valence-electron chi connectivity index (χ0n) is 12.2. The second-order valence-electron chi connectivity index (χ2n) is 5.93. The molecule has 1 aliphatic rings. The van der Waals surface area contributed by atoms with Crippen molar-refractivity contribution in [2.24, 2.45) is 5.92 Å². The van der Waals surface area contributed by atoms with Crippen LogP contribution >= 0.6 is 0 Å². The quantitative estimate of drug-likeness (QED) is 0.865. The van der Waals surface area contributed by atoms with Gasteiger partial charge in [-0.15, -0.1) is 0 Å². The van der Waals surface area contributed by atoms with Gasteiger partial charge in [0, 0.05) is 19.1 Å². The van der Waals surface area contributed by atoms with Gasteiger partial charge in [-0.2, -0.15) is 0 Å². The Morgan fingerprint density at radius 2 is 2.05 bits per heavy atom. The minimum atomic E-state index is -3.08. The molecule has 1 aromatic carbocycles. The summed E-state index contributed by atoms with van der Waals surface area (Å²) in [4.78, 5) is 2.36. The molecule has 2 rings (SSSR count). The van der Waals surface area contributed by atoms with Crippen molar-refractivity contribution in [3.63, 3.8) is 0 Å². The maximum absolute atomic E-state index is 11.2. The zero-order chi connectivity index (χ0) is 14.6. The van der Waals surface area contributed by atoms with E-state index in [0.29, 0.717) is 5.92 Å². The molecule has 0 aliphatic carbocycles. The molecule has 20 heavy (non-hydrogen) atoms. The van der Waals surface area contributed by atoms with Crippen molar-refractivity contribution >= 4 is 10.0 Å². The average molecular weight is 296 g/mol. The Labute approximate surface area is 122 Å². The van der Waals surface area contributed by atoms with Gasteiger partial charge in [0.1, 0.15) is 0 Å². The van der Waals surface area contributed by atoms with Gasteiger partial charge in [0.15, 0.2) is 0 Å². The largest absolute Gasteiger partial charge is 0.301 e. The molecule has 0 spiro atoms. The third kappa shape index (κ3) is 5.23. The van der Waals surface area contributed by atoms with Crippen LogP contribution in [0.2, 0.25) is 0 Å². The van der Waals surface area contributed by atoms with E-state index in [9.17, 15) is 8.42 Å². The van der Waals surface area contributed by atoms with Crippen LogP contribution in [0.4, 0.5) is 0 Å². The highest BCUT2D eigenvalue weighted by Crippen LogP contribution is 2.15. The molecule has 0 unspecified atom stereocenters. The molecular weight excluding hydrogens is 272 g/mol. The number of likely N-dealkylation sites (tertiary alicyclic amines) is 1. The molecule has 1 fully saturated rings. The van der Waals surface area contributed by atoms with Crippen LogP contribution in [-0.4, -0.2) is 45.2 Å². The third-order valence-electron chi connectivity index (χ3n) is 3.65. The first kappa shape index (κ1) is 15.5. The van der Waals surface area contributed by atoms with Crippen molar-refractivity contribution < 1.29 is 8.42 Å². The minimum absolute atomic E-state index is 0.0777. The molecule has 1 aromatic rings. The SMILES string of the molecule is C[C@H](Cc1ccccc1)CN1CC[C@@H](NS(C)(=O)=O)C1. The van der Waals surface area contributed by atoms with Crippen LogP contribution in [0, 0.1) is 5.92 Å². The van der Waals surface area contributed by atoms with E-state index in [1.807, 2.05) is 6.07 Å². The van der Waals surface area contributed by atoms with Crippen molar-refractivity contribution in [1.29, 1.82) is 0 Å². The molecular formula is C15H24N2O2S. The predicted molar refractivity (Wildman–Crippen MR) is 82.1 cm³/mol. The summed E-state index contributed by atoms with van der Waals surface area (Å²) >= 11 is 0. The lowest BCUT2D eigenvalue weighted by atomic mass is 10.0. The van der Waals surface area contributed by atoms with E-state index >= 15 is 0 Å². The van der Waals surface area contributed by atoms with Crippen molar-refractivity contribution in [3.05, 3.63) is 35.9 Å². The maximum Gasteiger partial charge on any atom is 0.208 e. The van der Waals surface area contributed by atoms with Crippen molar-refractivity contribution in [2.75, 3.05) is 25.9 Å². The molecule has 0 bridgehead atoms. The van der Waals surface area contributed by atoms with Crippen LogP contribution in [0.3, 0.4) is 0 Å². The lowest BCUT2D eigenvalue weighted by molar-refractivity contribution is 0.282. The third-order valence-corrected chi connectivity index (χ3v) is 4.41. The van der Waals surface area contributed by atoms with Gasteiger partial charge in [-0.05, 0) is 30.9 Å². The Hall–Kier alpha value is -0.910. The monoisotopic (exact) mass is 296 g/mol. The predicted octanol–water partition coefficient (Wildman–Crippen LogP) is 1.49. The van der Waals surface area contributed by atoms with E-state index < -0.39 is 10.0 Å². The number of sulfonamides is 1. The molecule has 1 N–H and O–H groups in total. The summed E-state index contributed by atoms with van der Waals surface area (Å²) in [6.45, 7) is 5.08. The van der Waals surface area contributed by atoms with Crippen molar-refractivity contribution in [1.82, 2.24) is 9.62 Å². The fourth-order valence-corrected chi connectivity index (χ4v) is 3.72. The minimum Gasteiger partial charge on any atom is -0.301 e. The maximum atomic E-state index is 11.2. The average Bonchev–Trinajstić information content (AvgIpc) is 2.75. The zero-order valence-corrected chi connectivity index (χ0v) is 13.1. The first-order chi connectivity index (χ1) is 9.42. The molecule has 1 heterocycles. The van der Waals surface area contributed by atoms with Crippen LogP contribution in [0.15, 0.2) is 30.3 Å². The van der Waals surface area contributed by atoms with Gasteiger partial charge in [0.2, 0.25) is 10.0 Å². The van der Waals surface area contributed by atoms with Gasteiger partial charge in [0.05, 0.1) is 6.26 Å². The molecule has 1 aliphatic heterocycles. The highest BCUT2D eigenvalue weighted by Gasteiger charge is 2.25. The van der Waals surface area contributed by atoms with E-state index in [4.69, 9.17) is 0 Å². The summed E-state index contributed by atoms with van der Waals surface area (Å²) < 4.78 is 25.2. The van der Waals surface area contributed by atoms with Gasteiger partial charge in [-0.25, -0.2) is 13.1 Å². The van der Waals surface area contributed by atoms with Gasteiger partial charge < -0.3 is 4.90 Å². The van der Waals surface area contributed by atoms with E-state index in [0.717, 1.165) is 32.5 Å². The van der Waals surface area contributed by atoms with Crippen LogP contribution in [0.25, 0.3) is 0 Å². The normalized spacial score (nSPS) is 22.0. The molecule has 2 atom stereocenters. The number of hydrogen-bond acceptors (Lipinski definition) is 3. The Morgan fingerprint density at radius 1 is 1.35 bits per heavy atom. The lowest BCUT2D eigenvalue weighted by Gasteiger charge is -2.21. The number of hydrogen-bond donors (Lipinski definition) is 1. The highest BCUT2D eigenvalue weighted by atomic mass is 32.2. The van der Waals surface area contributed by atoms with Crippen LogP contribution < -0.4 is 4.72 Å². The Balaban J connectivity index is 1.77. The summed E-state index contributed by atoms with van der Waals surface area (Å²) in [6, 6.07) is 10.6. The number of rotatable bonds is 6. The fourth-order valence-electron chi connectivity index (χ4n) is 2.92. The molecule has 112 valence electrons. The van der Waals surface area contributed by atoms with Crippen LogP contribution in [0.1, 0.15) is 18.9 Å². The van der Waals surface area contributed by atoms with Gasteiger partial charge in [0.25, 0.3) is 0 Å². The van der Waals surface area contributed by atoms with E-state index in [-0.39, 0.29) is 6.04 Å². The Morgan fingerprint density at radius 3 is 2.70 bits per heavy atom. The Bertz CT molecular complexity index is 516. The molecule has 0 radical (unpaired) electrons. The van der Waals surface area contributed by atoms with E-state index in [2.05, 4.69) is 40.8 Å². The summed E-state index contributed by atoms with van der Waals surface area (Å²) in [6.07, 6.45) is 3.21. The van der Waals surface area contributed by atoms with E-state index in [1.54, 1.807) is 0 Å². The first-order valence-corrected chi connectivity index (χ1v) is 9.05. The summed E-state index contributed by atoms with van der Waals surface area (Å²) in [5.41, 5.74) is 1.37. The van der Waals surface area contributed by atoms with Gasteiger partial charge in [-0.3, -0.25) is 0 Å². The Kier molecular flexibility index (Phi) is 5.18. The molecule has 1 saturated heterocycles. The second-order valence-corrected chi connectivity index (χ2v) is 7.71. The van der Waals surface area contributed by atoms with Gasteiger partial charge >= 0.3 is 0 Å². The topological polar surface area (TPSA) is 49.4 Å². The van der Waals surface area contributed by atoms with Crippen LogP contribution in [0.5, 0.6) is 0 Å². The number of nitrogens with one attached hydrogen (secondary N) is 1. The number of nitrogens with zero attached hydrogens (tertiary/aromatic N) is 1. The van der Waals surface area contributed by atoms with Crippen molar-refractivity contribution in [3.8, 4) is 0 Å². The van der Waals surface area contributed by atoms with Crippen LogP contribution in [-0.2, 0) is 16.4 Å². The molecule has 0 amide bonds. The molecule has 4 nitrogen and oxygen atoms in total. The summed E-state index contributed by atoms with van der Waals surface area (Å²) in [7, 11) is -3.08.